The molecule has 0 aliphatic rings. The van der Waals surface area contributed by atoms with Crippen LogP contribution in [0.15, 0.2) is 12.1 Å². The molecule has 1 aromatic carbocycles. The number of halogens is 2. The third kappa shape index (κ3) is 1.62. The minimum absolute atomic E-state index is 0.244. The first-order valence-corrected chi connectivity index (χ1v) is 3.44. The maximum absolute atomic E-state index is 13.1. The molecule has 0 atom stereocenters. The summed E-state index contributed by atoms with van der Waals surface area (Å²) in [6.07, 6.45) is -0.368. The van der Waals surface area contributed by atoms with Crippen molar-refractivity contribution >= 4 is 0 Å². The maximum Gasteiger partial charge on any atom is 0.148 e. The number of benzene rings is 1. The van der Waals surface area contributed by atoms with Crippen LogP contribution in [0.4, 0.5) is 8.78 Å². The van der Waals surface area contributed by atoms with E-state index in [0.717, 1.165) is 12.1 Å². The van der Waals surface area contributed by atoms with E-state index in [-0.39, 0.29) is 17.5 Å². The van der Waals surface area contributed by atoms with Crippen LogP contribution in [0, 0.1) is 34.3 Å². The highest BCUT2D eigenvalue weighted by Crippen LogP contribution is 2.16. The minimum atomic E-state index is -0.941. The van der Waals surface area contributed by atoms with Crippen molar-refractivity contribution < 1.29 is 8.78 Å². The van der Waals surface area contributed by atoms with Crippen molar-refractivity contribution in [2.24, 2.45) is 0 Å². The standard InChI is InChI=1S/C9H4F2N2/c10-8-2-1-6(5-13)9(11)7(8)3-4-12/h1-2H,3H2. The van der Waals surface area contributed by atoms with Crippen LogP contribution in [0.2, 0.25) is 0 Å². The summed E-state index contributed by atoms with van der Waals surface area (Å²) in [5, 5.41) is 16.7. The maximum atomic E-state index is 13.1. The van der Waals surface area contributed by atoms with Crippen molar-refractivity contribution in [3.63, 3.8) is 0 Å². The monoisotopic (exact) mass is 178 g/mol. The van der Waals surface area contributed by atoms with E-state index in [1.807, 2.05) is 0 Å². The molecule has 0 amide bonds. The van der Waals surface area contributed by atoms with Gasteiger partial charge < -0.3 is 0 Å². The molecule has 2 nitrogen and oxygen atoms in total. The van der Waals surface area contributed by atoms with Crippen LogP contribution >= 0.6 is 0 Å². The van der Waals surface area contributed by atoms with Gasteiger partial charge in [-0.3, -0.25) is 0 Å². The fraction of sp³-hybridized carbons (Fsp3) is 0.111. The van der Waals surface area contributed by atoms with Gasteiger partial charge >= 0.3 is 0 Å². The highest BCUT2D eigenvalue weighted by atomic mass is 19.1. The first-order chi connectivity index (χ1) is 6.20. The lowest BCUT2D eigenvalue weighted by Crippen LogP contribution is -1.97. The van der Waals surface area contributed by atoms with E-state index in [1.165, 1.54) is 0 Å². The van der Waals surface area contributed by atoms with Crippen LogP contribution in [-0.2, 0) is 6.42 Å². The zero-order chi connectivity index (χ0) is 9.84. The fourth-order valence-corrected chi connectivity index (χ4v) is 0.925. The van der Waals surface area contributed by atoms with Gasteiger partial charge in [0.2, 0.25) is 0 Å². The quantitative estimate of drug-likeness (QED) is 0.659. The van der Waals surface area contributed by atoms with Crippen LogP contribution in [0.1, 0.15) is 11.1 Å². The van der Waals surface area contributed by atoms with Crippen LogP contribution < -0.4 is 0 Å². The van der Waals surface area contributed by atoms with Gasteiger partial charge in [-0.25, -0.2) is 8.78 Å². The molecule has 1 aromatic rings. The van der Waals surface area contributed by atoms with E-state index in [2.05, 4.69) is 0 Å². The largest absolute Gasteiger partial charge is 0.207 e. The van der Waals surface area contributed by atoms with Gasteiger partial charge in [0.1, 0.15) is 17.7 Å². The Morgan fingerprint density at radius 1 is 1.23 bits per heavy atom. The predicted molar refractivity (Wildman–Crippen MR) is 40.4 cm³/mol. The molecule has 0 aromatic heterocycles. The molecule has 0 N–H and O–H groups in total. The Bertz CT molecular complexity index is 413. The molecule has 0 fully saturated rings. The van der Waals surface area contributed by atoms with Crippen LogP contribution in [-0.4, -0.2) is 0 Å². The van der Waals surface area contributed by atoms with E-state index in [1.54, 1.807) is 12.1 Å². The Balaban J connectivity index is 3.33. The van der Waals surface area contributed by atoms with Gasteiger partial charge in [0.05, 0.1) is 18.1 Å². The number of nitrogens with zero attached hydrogens (tertiary/aromatic N) is 2. The molecular weight excluding hydrogens is 174 g/mol. The number of hydrogen-bond acceptors (Lipinski definition) is 2. The van der Waals surface area contributed by atoms with Crippen molar-refractivity contribution in [3.05, 3.63) is 34.9 Å². The van der Waals surface area contributed by atoms with Gasteiger partial charge in [-0.05, 0) is 12.1 Å². The van der Waals surface area contributed by atoms with Gasteiger partial charge in [0.25, 0.3) is 0 Å². The van der Waals surface area contributed by atoms with Gasteiger partial charge in [0, 0.05) is 5.56 Å². The van der Waals surface area contributed by atoms with Gasteiger partial charge in [-0.15, -0.1) is 0 Å². The molecule has 64 valence electrons. The molecule has 0 spiro atoms. The summed E-state index contributed by atoms with van der Waals surface area (Å²) in [7, 11) is 0. The van der Waals surface area contributed by atoms with Crippen molar-refractivity contribution in [2.45, 2.75) is 6.42 Å². The van der Waals surface area contributed by atoms with Crippen LogP contribution in [0.5, 0.6) is 0 Å². The van der Waals surface area contributed by atoms with Gasteiger partial charge in [-0.2, -0.15) is 10.5 Å². The first kappa shape index (κ1) is 9.15. The average Bonchev–Trinajstić information content (AvgIpc) is 2.12. The van der Waals surface area contributed by atoms with E-state index >= 15 is 0 Å². The highest BCUT2D eigenvalue weighted by Gasteiger charge is 2.12. The average molecular weight is 178 g/mol. The summed E-state index contributed by atoms with van der Waals surface area (Å²) < 4.78 is 26.0. The number of nitriles is 2. The van der Waals surface area contributed by atoms with Crippen LogP contribution in [0.25, 0.3) is 0 Å². The normalized spacial score (nSPS) is 8.92. The van der Waals surface area contributed by atoms with Crippen LogP contribution in [0.3, 0.4) is 0 Å². The van der Waals surface area contributed by atoms with E-state index < -0.39 is 11.6 Å². The molecule has 1 rings (SSSR count). The lowest BCUT2D eigenvalue weighted by molar-refractivity contribution is 0.561. The van der Waals surface area contributed by atoms with Crippen molar-refractivity contribution in [2.75, 3.05) is 0 Å². The Morgan fingerprint density at radius 3 is 2.46 bits per heavy atom. The molecule has 4 heteroatoms. The number of hydrogen-bond donors (Lipinski definition) is 0. The third-order valence-electron chi connectivity index (χ3n) is 1.56. The molecule has 0 saturated carbocycles. The molecular formula is C9H4F2N2. The molecule has 0 unspecified atom stereocenters. The minimum Gasteiger partial charge on any atom is -0.207 e. The van der Waals surface area contributed by atoms with Gasteiger partial charge in [-0.1, -0.05) is 0 Å². The Kier molecular flexibility index (Phi) is 2.56. The molecule has 0 bridgehead atoms. The van der Waals surface area contributed by atoms with Crippen molar-refractivity contribution in [3.8, 4) is 12.1 Å². The third-order valence-corrected chi connectivity index (χ3v) is 1.56. The lowest BCUT2D eigenvalue weighted by Gasteiger charge is -2.00. The summed E-state index contributed by atoms with van der Waals surface area (Å²) in [6.45, 7) is 0. The highest BCUT2D eigenvalue weighted by molar-refractivity contribution is 5.36. The zero-order valence-corrected chi connectivity index (χ0v) is 6.51. The molecule has 0 aliphatic carbocycles. The predicted octanol–water partition coefficient (Wildman–Crippen LogP) is 1.90. The summed E-state index contributed by atoms with van der Waals surface area (Å²) in [6, 6.07) is 5.23. The van der Waals surface area contributed by atoms with Gasteiger partial charge in [0.15, 0.2) is 0 Å². The van der Waals surface area contributed by atoms with E-state index in [9.17, 15) is 8.78 Å². The van der Waals surface area contributed by atoms with E-state index in [4.69, 9.17) is 10.5 Å². The van der Waals surface area contributed by atoms with Crippen molar-refractivity contribution in [1.82, 2.24) is 0 Å². The molecule has 0 saturated heterocycles. The zero-order valence-electron chi connectivity index (χ0n) is 6.51. The Hall–Kier alpha value is -1.94. The fourth-order valence-electron chi connectivity index (χ4n) is 0.925. The SMILES string of the molecule is N#CCc1c(F)ccc(C#N)c1F. The summed E-state index contributed by atoms with van der Waals surface area (Å²) in [5.74, 6) is -1.73. The second-order valence-electron chi connectivity index (χ2n) is 2.33. The summed E-state index contributed by atoms with van der Waals surface area (Å²) in [4.78, 5) is 0. The second kappa shape index (κ2) is 3.64. The second-order valence-corrected chi connectivity index (χ2v) is 2.33. The Morgan fingerprint density at radius 2 is 1.92 bits per heavy atom. The molecule has 0 aliphatic heterocycles. The summed E-state index contributed by atoms with van der Waals surface area (Å²) >= 11 is 0. The first-order valence-electron chi connectivity index (χ1n) is 3.44. The summed E-state index contributed by atoms with van der Waals surface area (Å²) in [5.41, 5.74) is -0.590. The molecule has 0 radical (unpaired) electrons. The van der Waals surface area contributed by atoms with E-state index in [0.29, 0.717) is 0 Å². The Labute approximate surface area is 73.6 Å². The number of rotatable bonds is 1. The smallest absolute Gasteiger partial charge is 0.148 e. The van der Waals surface area contributed by atoms with Crippen molar-refractivity contribution in [1.29, 1.82) is 10.5 Å². The topological polar surface area (TPSA) is 47.6 Å². The molecule has 0 heterocycles. The molecule has 13 heavy (non-hydrogen) atoms. The lowest BCUT2D eigenvalue weighted by atomic mass is 10.1.